The number of carbonyl (C=O) groups is 1. The molecular formula is C17H27N3O2. The fraction of sp³-hybridized carbons (Fsp3) is 0.588. The van der Waals surface area contributed by atoms with Gasteiger partial charge in [0.2, 0.25) is 5.91 Å². The Balaban J connectivity index is 1.87. The monoisotopic (exact) mass is 305 g/mol. The predicted octanol–water partition coefficient (Wildman–Crippen LogP) is 2.23. The van der Waals surface area contributed by atoms with E-state index in [9.17, 15) is 4.79 Å². The number of rotatable bonds is 6. The minimum atomic E-state index is -0.0914. The number of benzene rings is 1. The molecule has 1 fully saturated rings. The number of hydrogen-bond donors (Lipinski definition) is 2. The van der Waals surface area contributed by atoms with Crippen LogP contribution in [0.25, 0.3) is 0 Å². The molecule has 1 aromatic carbocycles. The second-order valence-corrected chi connectivity index (χ2v) is 5.78. The summed E-state index contributed by atoms with van der Waals surface area (Å²) in [5, 5.41) is 2.98. The minimum Gasteiger partial charge on any atom is -0.492 e. The summed E-state index contributed by atoms with van der Waals surface area (Å²) in [6.45, 7) is 5.00. The first-order valence-electron chi connectivity index (χ1n) is 8.18. The SMILES string of the molecule is CC(C(=O)Nc1ccc(OCCN)cc1)N1CCCCCC1. The zero-order valence-corrected chi connectivity index (χ0v) is 13.4. The molecule has 0 spiro atoms. The quantitative estimate of drug-likeness (QED) is 0.846. The van der Waals surface area contributed by atoms with Crippen molar-refractivity contribution < 1.29 is 9.53 Å². The molecule has 5 nitrogen and oxygen atoms in total. The van der Waals surface area contributed by atoms with E-state index in [-0.39, 0.29) is 11.9 Å². The Hall–Kier alpha value is -1.59. The van der Waals surface area contributed by atoms with E-state index in [1.54, 1.807) is 0 Å². The van der Waals surface area contributed by atoms with Crippen molar-refractivity contribution in [3.8, 4) is 5.75 Å². The van der Waals surface area contributed by atoms with Crippen LogP contribution in [-0.2, 0) is 4.79 Å². The number of nitrogens with zero attached hydrogens (tertiary/aromatic N) is 1. The Labute approximate surface area is 132 Å². The number of likely N-dealkylation sites (tertiary alicyclic amines) is 1. The third-order valence-electron chi connectivity index (χ3n) is 4.08. The maximum Gasteiger partial charge on any atom is 0.241 e. The average molecular weight is 305 g/mol. The lowest BCUT2D eigenvalue weighted by atomic mass is 10.2. The van der Waals surface area contributed by atoms with Crippen molar-refractivity contribution in [3.63, 3.8) is 0 Å². The molecule has 22 heavy (non-hydrogen) atoms. The summed E-state index contributed by atoms with van der Waals surface area (Å²) in [6, 6.07) is 7.33. The predicted molar refractivity (Wildman–Crippen MR) is 89.1 cm³/mol. The Morgan fingerprint density at radius 3 is 2.45 bits per heavy atom. The summed E-state index contributed by atoms with van der Waals surface area (Å²) in [6.07, 6.45) is 4.92. The third kappa shape index (κ3) is 5.00. The summed E-state index contributed by atoms with van der Waals surface area (Å²) in [4.78, 5) is 14.7. The lowest BCUT2D eigenvalue weighted by Gasteiger charge is -2.26. The van der Waals surface area contributed by atoms with Gasteiger partial charge in [0.25, 0.3) is 0 Å². The van der Waals surface area contributed by atoms with Crippen LogP contribution in [-0.4, -0.2) is 43.1 Å². The molecule has 5 heteroatoms. The van der Waals surface area contributed by atoms with Crippen molar-refractivity contribution in [1.82, 2.24) is 4.90 Å². The molecule has 1 aromatic rings. The number of amides is 1. The average Bonchev–Trinajstić information content (AvgIpc) is 2.82. The summed E-state index contributed by atoms with van der Waals surface area (Å²) < 4.78 is 5.43. The number of carbonyl (C=O) groups excluding carboxylic acids is 1. The molecule has 0 saturated carbocycles. The van der Waals surface area contributed by atoms with Crippen LogP contribution in [0.2, 0.25) is 0 Å². The Bertz CT molecular complexity index is 453. The standard InChI is InChI=1S/C17H27N3O2/c1-14(20-11-4-2-3-5-12-20)17(21)19-15-6-8-16(9-7-15)22-13-10-18/h6-9,14H,2-5,10-13,18H2,1H3,(H,19,21). The highest BCUT2D eigenvalue weighted by molar-refractivity contribution is 5.94. The summed E-state index contributed by atoms with van der Waals surface area (Å²) in [5.41, 5.74) is 6.20. The minimum absolute atomic E-state index is 0.0533. The molecule has 122 valence electrons. The van der Waals surface area contributed by atoms with Gasteiger partial charge in [0.1, 0.15) is 12.4 Å². The molecule has 2 rings (SSSR count). The van der Waals surface area contributed by atoms with Crippen molar-refractivity contribution in [2.45, 2.75) is 38.6 Å². The Morgan fingerprint density at radius 1 is 1.23 bits per heavy atom. The first-order chi connectivity index (χ1) is 10.7. The van der Waals surface area contributed by atoms with Gasteiger partial charge in [0.15, 0.2) is 0 Å². The summed E-state index contributed by atoms with van der Waals surface area (Å²) >= 11 is 0. The smallest absolute Gasteiger partial charge is 0.241 e. The molecule has 0 aromatic heterocycles. The van der Waals surface area contributed by atoms with Crippen LogP contribution in [0.5, 0.6) is 5.75 Å². The number of ether oxygens (including phenoxy) is 1. The van der Waals surface area contributed by atoms with E-state index in [0.29, 0.717) is 13.2 Å². The molecule has 1 heterocycles. The van der Waals surface area contributed by atoms with E-state index in [1.807, 2.05) is 31.2 Å². The van der Waals surface area contributed by atoms with Crippen LogP contribution >= 0.6 is 0 Å². The van der Waals surface area contributed by atoms with Crippen molar-refractivity contribution in [2.75, 3.05) is 31.6 Å². The van der Waals surface area contributed by atoms with Crippen LogP contribution in [0.15, 0.2) is 24.3 Å². The van der Waals surface area contributed by atoms with Gasteiger partial charge in [-0.25, -0.2) is 0 Å². The molecule has 1 saturated heterocycles. The zero-order chi connectivity index (χ0) is 15.8. The van der Waals surface area contributed by atoms with Crippen LogP contribution < -0.4 is 15.8 Å². The first kappa shape index (κ1) is 16.8. The number of nitrogens with two attached hydrogens (primary N) is 1. The molecule has 0 bridgehead atoms. The first-order valence-corrected chi connectivity index (χ1v) is 8.18. The summed E-state index contributed by atoms with van der Waals surface area (Å²) in [7, 11) is 0. The highest BCUT2D eigenvalue weighted by Gasteiger charge is 2.21. The molecular weight excluding hydrogens is 278 g/mol. The van der Waals surface area contributed by atoms with Crippen molar-refractivity contribution >= 4 is 11.6 Å². The van der Waals surface area contributed by atoms with Gasteiger partial charge >= 0.3 is 0 Å². The molecule has 1 atom stereocenters. The highest BCUT2D eigenvalue weighted by atomic mass is 16.5. The fourth-order valence-corrected chi connectivity index (χ4v) is 2.71. The number of nitrogens with one attached hydrogen (secondary N) is 1. The van der Waals surface area contributed by atoms with Gasteiger partial charge in [-0.1, -0.05) is 12.8 Å². The van der Waals surface area contributed by atoms with E-state index < -0.39 is 0 Å². The molecule has 0 radical (unpaired) electrons. The highest BCUT2D eigenvalue weighted by Crippen LogP contribution is 2.17. The lowest BCUT2D eigenvalue weighted by molar-refractivity contribution is -0.120. The fourth-order valence-electron chi connectivity index (χ4n) is 2.71. The van der Waals surface area contributed by atoms with Gasteiger partial charge in [-0.3, -0.25) is 9.69 Å². The van der Waals surface area contributed by atoms with E-state index in [1.165, 1.54) is 25.7 Å². The Morgan fingerprint density at radius 2 is 1.86 bits per heavy atom. The van der Waals surface area contributed by atoms with Gasteiger partial charge in [-0.05, 0) is 57.1 Å². The summed E-state index contributed by atoms with van der Waals surface area (Å²) in [5.74, 6) is 0.821. The maximum atomic E-state index is 12.4. The second-order valence-electron chi connectivity index (χ2n) is 5.78. The van der Waals surface area contributed by atoms with Crippen LogP contribution in [0.1, 0.15) is 32.6 Å². The van der Waals surface area contributed by atoms with Crippen molar-refractivity contribution in [2.24, 2.45) is 5.73 Å². The van der Waals surface area contributed by atoms with Crippen LogP contribution in [0.3, 0.4) is 0 Å². The van der Waals surface area contributed by atoms with Gasteiger partial charge < -0.3 is 15.8 Å². The second kappa shape index (κ2) is 8.76. The van der Waals surface area contributed by atoms with E-state index in [0.717, 1.165) is 24.5 Å². The Kier molecular flexibility index (Phi) is 6.68. The molecule has 1 amide bonds. The molecule has 1 aliphatic heterocycles. The van der Waals surface area contributed by atoms with Crippen LogP contribution in [0.4, 0.5) is 5.69 Å². The van der Waals surface area contributed by atoms with Gasteiger partial charge in [-0.2, -0.15) is 0 Å². The van der Waals surface area contributed by atoms with E-state index in [2.05, 4.69) is 10.2 Å². The van der Waals surface area contributed by atoms with E-state index in [4.69, 9.17) is 10.5 Å². The lowest BCUT2D eigenvalue weighted by Crippen LogP contribution is -2.42. The van der Waals surface area contributed by atoms with Crippen molar-refractivity contribution in [3.05, 3.63) is 24.3 Å². The van der Waals surface area contributed by atoms with Gasteiger partial charge in [0, 0.05) is 12.2 Å². The van der Waals surface area contributed by atoms with Gasteiger partial charge in [0.05, 0.1) is 6.04 Å². The third-order valence-corrected chi connectivity index (χ3v) is 4.08. The molecule has 3 N–H and O–H groups in total. The zero-order valence-electron chi connectivity index (χ0n) is 13.4. The molecule has 1 unspecified atom stereocenters. The van der Waals surface area contributed by atoms with Gasteiger partial charge in [-0.15, -0.1) is 0 Å². The number of anilines is 1. The normalized spacial score (nSPS) is 17.5. The topological polar surface area (TPSA) is 67.6 Å². The largest absolute Gasteiger partial charge is 0.492 e. The molecule has 1 aliphatic rings. The van der Waals surface area contributed by atoms with Crippen molar-refractivity contribution in [1.29, 1.82) is 0 Å². The molecule has 0 aliphatic carbocycles. The maximum absolute atomic E-state index is 12.4. The number of hydrogen-bond acceptors (Lipinski definition) is 4. The van der Waals surface area contributed by atoms with E-state index >= 15 is 0 Å². The van der Waals surface area contributed by atoms with Crippen LogP contribution in [0, 0.1) is 0 Å².